The van der Waals surface area contributed by atoms with Gasteiger partial charge in [0, 0.05) is 0 Å². The van der Waals surface area contributed by atoms with E-state index in [0.29, 0.717) is 23.0 Å². The van der Waals surface area contributed by atoms with Gasteiger partial charge >= 0.3 is 0 Å². The van der Waals surface area contributed by atoms with Crippen LogP contribution in [0.15, 0.2) is 6.33 Å². The van der Waals surface area contributed by atoms with Gasteiger partial charge in [0.25, 0.3) is 0 Å². The Bertz CT molecular complexity index is 371. The molecular weight excluding hydrogens is 186 g/mol. The molecule has 2 aliphatic rings. The van der Waals surface area contributed by atoms with Crippen LogP contribution < -0.4 is 0 Å². The Morgan fingerprint density at radius 2 is 2.54 bits per heavy atom. The molecular formula is C8H11N3OS. The van der Waals surface area contributed by atoms with Crippen molar-refractivity contribution in [1.29, 1.82) is 0 Å². The summed E-state index contributed by atoms with van der Waals surface area (Å²) in [5.74, 6) is 0. The number of fused-ring (bicyclic) bond motifs is 2. The van der Waals surface area contributed by atoms with Crippen molar-refractivity contribution in [3.63, 3.8) is 0 Å². The molecule has 70 valence electrons. The third-order valence-corrected chi connectivity index (χ3v) is 3.31. The Kier molecular flexibility index (Phi) is 1.57. The molecule has 2 bridgehead atoms. The molecule has 3 atom stereocenters. The summed E-state index contributed by atoms with van der Waals surface area (Å²) in [6.45, 7) is 0. The second-order valence-corrected chi connectivity index (χ2v) is 4.13. The largest absolute Gasteiger partial charge is 0.373 e. The minimum Gasteiger partial charge on any atom is -0.373 e. The molecule has 5 heteroatoms. The molecule has 1 aromatic heterocycles. The maximum absolute atomic E-state index is 5.75. The number of nitrogens with zero attached hydrogens (tertiary/aromatic N) is 2. The quantitative estimate of drug-likeness (QED) is 0.693. The number of aromatic amines is 1. The second kappa shape index (κ2) is 2.65. The van der Waals surface area contributed by atoms with E-state index < -0.39 is 0 Å². The summed E-state index contributed by atoms with van der Waals surface area (Å²) in [6, 6.07) is 0.421. The van der Waals surface area contributed by atoms with Crippen LogP contribution in [0, 0.1) is 4.77 Å². The number of hydrogen-bond acceptors (Lipinski definition) is 3. The first kappa shape index (κ1) is 7.70. The smallest absolute Gasteiger partial charge is 0.195 e. The Balaban J connectivity index is 1.95. The van der Waals surface area contributed by atoms with E-state index in [1.807, 2.05) is 4.57 Å². The molecule has 4 nitrogen and oxygen atoms in total. The highest BCUT2D eigenvalue weighted by atomic mass is 32.1. The fourth-order valence-corrected chi connectivity index (χ4v) is 2.63. The van der Waals surface area contributed by atoms with Gasteiger partial charge in [-0.2, -0.15) is 5.10 Å². The van der Waals surface area contributed by atoms with Crippen molar-refractivity contribution in [2.75, 3.05) is 0 Å². The molecule has 3 rings (SSSR count). The highest BCUT2D eigenvalue weighted by Crippen LogP contribution is 2.41. The first-order valence-corrected chi connectivity index (χ1v) is 5.02. The van der Waals surface area contributed by atoms with Crippen LogP contribution in [0.1, 0.15) is 25.3 Å². The summed E-state index contributed by atoms with van der Waals surface area (Å²) in [5, 5.41) is 6.71. The lowest BCUT2D eigenvalue weighted by molar-refractivity contribution is 0.0936. The lowest BCUT2D eigenvalue weighted by Crippen LogP contribution is -2.20. The third kappa shape index (κ3) is 1.07. The molecule has 3 unspecified atom stereocenters. The van der Waals surface area contributed by atoms with Crippen molar-refractivity contribution in [2.24, 2.45) is 0 Å². The highest BCUT2D eigenvalue weighted by molar-refractivity contribution is 7.71. The van der Waals surface area contributed by atoms with E-state index >= 15 is 0 Å². The van der Waals surface area contributed by atoms with Gasteiger partial charge in [-0.15, -0.1) is 0 Å². The van der Waals surface area contributed by atoms with E-state index in [4.69, 9.17) is 17.0 Å². The van der Waals surface area contributed by atoms with Gasteiger partial charge in [0.15, 0.2) is 4.77 Å². The summed E-state index contributed by atoms with van der Waals surface area (Å²) in [6.07, 6.45) is 6.09. The molecule has 1 N–H and O–H groups in total. The minimum absolute atomic E-state index is 0.370. The zero-order chi connectivity index (χ0) is 8.84. The van der Waals surface area contributed by atoms with Crippen LogP contribution in [0.4, 0.5) is 0 Å². The summed E-state index contributed by atoms with van der Waals surface area (Å²) < 4.78 is 8.49. The number of nitrogens with one attached hydrogen (secondary N) is 1. The number of ether oxygens (including phenoxy) is 1. The Morgan fingerprint density at radius 1 is 1.62 bits per heavy atom. The van der Waals surface area contributed by atoms with Gasteiger partial charge in [0.2, 0.25) is 0 Å². The van der Waals surface area contributed by atoms with Crippen LogP contribution in [-0.2, 0) is 4.74 Å². The van der Waals surface area contributed by atoms with Crippen LogP contribution in [0.3, 0.4) is 0 Å². The van der Waals surface area contributed by atoms with Crippen LogP contribution in [-0.4, -0.2) is 27.0 Å². The predicted molar refractivity (Wildman–Crippen MR) is 49.0 cm³/mol. The van der Waals surface area contributed by atoms with Gasteiger partial charge in [0.1, 0.15) is 6.33 Å². The van der Waals surface area contributed by atoms with E-state index in [2.05, 4.69) is 10.2 Å². The molecule has 0 aliphatic carbocycles. The van der Waals surface area contributed by atoms with E-state index in [0.717, 1.165) is 6.42 Å². The average Bonchev–Trinajstić information content (AvgIpc) is 2.77. The molecule has 2 saturated heterocycles. The topological polar surface area (TPSA) is 42.8 Å². The van der Waals surface area contributed by atoms with Crippen molar-refractivity contribution >= 4 is 12.2 Å². The maximum Gasteiger partial charge on any atom is 0.195 e. The van der Waals surface area contributed by atoms with Crippen LogP contribution in [0.2, 0.25) is 0 Å². The van der Waals surface area contributed by atoms with Gasteiger partial charge < -0.3 is 9.30 Å². The molecule has 13 heavy (non-hydrogen) atoms. The molecule has 0 spiro atoms. The lowest BCUT2D eigenvalue weighted by Gasteiger charge is -2.18. The maximum atomic E-state index is 5.75. The van der Waals surface area contributed by atoms with Gasteiger partial charge in [-0.3, -0.25) is 5.10 Å². The van der Waals surface area contributed by atoms with Crippen molar-refractivity contribution in [2.45, 2.75) is 37.5 Å². The van der Waals surface area contributed by atoms with Gasteiger partial charge in [-0.05, 0) is 31.5 Å². The summed E-state index contributed by atoms with van der Waals surface area (Å²) in [5.41, 5.74) is 0. The van der Waals surface area contributed by atoms with E-state index in [1.165, 1.54) is 12.8 Å². The molecule has 3 heterocycles. The standard InChI is InChI=1S/C8H11N3OS/c13-8-10-9-4-11(8)6-3-5-1-2-7(6)12-5/h4-7H,1-3H2,(H,10,13). The Labute approximate surface area is 80.9 Å². The van der Waals surface area contributed by atoms with Gasteiger partial charge in [-0.25, -0.2) is 0 Å². The van der Waals surface area contributed by atoms with E-state index in [1.54, 1.807) is 6.33 Å². The molecule has 0 amide bonds. The first-order valence-electron chi connectivity index (χ1n) is 4.61. The second-order valence-electron chi connectivity index (χ2n) is 3.75. The molecule has 2 aliphatic heterocycles. The Hall–Kier alpha value is -0.680. The number of H-pyrrole nitrogens is 1. The minimum atomic E-state index is 0.370. The molecule has 1 aromatic rings. The molecule has 0 aromatic carbocycles. The van der Waals surface area contributed by atoms with E-state index in [9.17, 15) is 0 Å². The van der Waals surface area contributed by atoms with Crippen molar-refractivity contribution < 1.29 is 4.74 Å². The summed E-state index contributed by atoms with van der Waals surface area (Å²) in [4.78, 5) is 0. The number of aromatic nitrogens is 3. The normalized spacial score (nSPS) is 37.1. The molecule has 0 radical (unpaired) electrons. The van der Waals surface area contributed by atoms with Crippen LogP contribution >= 0.6 is 12.2 Å². The Morgan fingerprint density at radius 3 is 3.08 bits per heavy atom. The fraction of sp³-hybridized carbons (Fsp3) is 0.750. The fourth-order valence-electron chi connectivity index (χ4n) is 2.40. The zero-order valence-corrected chi connectivity index (χ0v) is 7.96. The summed E-state index contributed by atoms with van der Waals surface area (Å²) >= 11 is 5.13. The van der Waals surface area contributed by atoms with Crippen molar-refractivity contribution in [3.8, 4) is 0 Å². The van der Waals surface area contributed by atoms with Gasteiger partial charge in [-0.1, -0.05) is 0 Å². The van der Waals surface area contributed by atoms with Crippen LogP contribution in [0.5, 0.6) is 0 Å². The SMILES string of the molecule is S=c1[nH]ncn1C1CC2CCC1O2. The molecule has 2 fully saturated rings. The zero-order valence-electron chi connectivity index (χ0n) is 7.14. The molecule has 0 saturated carbocycles. The monoisotopic (exact) mass is 197 g/mol. The third-order valence-electron chi connectivity index (χ3n) is 3.01. The first-order chi connectivity index (χ1) is 6.34. The summed E-state index contributed by atoms with van der Waals surface area (Å²) in [7, 11) is 0. The predicted octanol–water partition coefficient (Wildman–Crippen LogP) is 1.43. The van der Waals surface area contributed by atoms with Crippen LogP contribution in [0.25, 0.3) is 0 Å². The average molecular weight is 197 g/mol. The lowest BCUT2D eigenvalue weighted by atomic mass is 9.95. The van der Waals surface area contributed by atoms with Crippen molar-refractivity contribution in [1.82, 2.24) is 14.8 Å². The van der Waals surface area contributed by atoms with E-state index in [-0.39, 0.29) is 0 Å². The highest BCUT2D eigenvalue weighted by Gasteiger charge is 2.41. The van der Waals surface area contributed by atoms with Crippen molar-refractivity contribution in [3.05, 3.63) is 11.1 Å². The van der Waals surface area contributed by atoms with Gasteiger partial charge in [0.05, 0.1) is 18.2 Å². The number of hydrogen-bond donors (Lipinski definition) is 1. The number of rotatable bonds is 1.